The van der Waals surface area contributed by atoms with Gasteiger partial charge in [0.2, 0.25) is 0 Å². The maximum atomic E-state index is 13.1. The number of phosphoric acid groups is 2. The SMILES string of the molecule is CCCCCC/C=C\C=C/CCCCCCCC(=O)O[C@H](COC(=O)CCCCCCCCCCCCCCCCC(C)C)COP(=O)(O)OC[C@@H](O)COP(=O)(O)OC[C@@H](COC(=O)CCCCCCCCC(C)C)OC(=O)CCCCCCCCCCCCCCCC(C)C. The van der Waals surface area contributed by atoms with Gasteiger partial charge >= 0.3 is 39.5 Å². The first-order valence-electron chi connectivity index (χ1n) is 39.7. The first-order chi connectivity index (χ1) is 46.7. The molecule has 2 unspecified atom stereocenters. The Bertz CT molecular complexity index is 1980. The number of ether oxygens (including phenoxy) is 4. The Morgan fingerprint density at radius 3 is 0.835 bits per heavy atom. The van der Waals surface area contributed by atoms with Crippen molar-refractivity contribution >= 4 is 39.5 Å². The van der Waals surface area contributed by atoms with Crippen LogP contribution in [-0.2, 0) is 65.4 Å². The molecule has 0 fully saturated rings. The fraction of sp³-hybridized carbons (Fsp3) is 0.897. The Morgan fingerprint density at radius 1 is 0.320 bits per heavy atom. The molecule has 0 radical (unpaired) electrons. The third-order valence-corrected chi connectivity index (χ3v) is 19.4. The van der Waals surface area contributed by atoms with Gasteiger partial charge in [-0.15, -0.1) is 0 Å². The molecule has 0 aromatic rings. The van der Waals surface area contributed by atoms with E-state index in [1.807, 2.05) is 0 Å². The second kappa shape index (κ2) is 68.0. The molecule has 0 spiro atoms. The van der Waals surface area contributed by atoms with Gasteiger partial charge in [0, 0.05) is 25.7 Å². The van der Waals surface area contributed by atoms with Crippen LogP contribution in [0.25, 0.3) is 0 Å². The molecule has 0 aliphatic rings. The normalized spacial score (nSPS) is 14.2. The van der Waals surface area contributed by atoms with Crippen molar-refractivity contribution in [3.63, 3.8) is 0 Å². The van der Waals surface area contributed by atoms with Crippen molar-refractivity contribution in [1.82, 2.24) is 0 Å². The summed E-state index contributed by atoms with van der Waals surface area (Å²) in [5.41, 5.74) is 0. The number of hydrogen-bond donors (Lipinski definition) is 3. The van der Waals surface area contributed by atoms with Crippen LogP contribution in [-0.4, -0.2) is 96.7 Å². The number of hydrogen-bond acceptors (Lipinski definition) is 15. The molecule has 0 bridgehead atoms. The molecule has 3 N–H and O–H groups in total. The Kier molecular flexibility index (Phi) is 66.3. The molecule has 5 atom stereocenters. The summed E-state index contributed by atoms with van der Waals surface area (Å²) in [6.07, 6.45) is 57.8. The fourth-order valence-corrected chi connectivity index (χ4v) is 13.0. The smallest absolute Gasteiger partial charge is 0.462 e. The number of aliphatic hydroxyl groups is 1. The Balaban J connectivity index is 5.26. The monoisotopic (exact) mass is 1420 g/mol. The lowest BCUT2D eigenvalue weighted by Crippen LogP contribution is -2.30. The van der Waals surface area contributed by atoms with E-state index in [2.05, 4.69) is 72.8 Å². The van der Waals surface area contributed by atoms with Gasteiger partial charge in [0.1, 0.15) is 19.3 Å². The van der Waals surface area contributed by atoms with Crippen LogP contribution in [0.4, 0.5) is 0 Å². The van der Waals surface area contributed by atoms with Crippen molar-refractivity contribution in [3.05, 3.63) is 24.3 Å². The minimum atomic E-state index is -4.97. The number of rotatable bonds is 74. The van der Waals surface area contributed by atoms with Crippen molar-refractivity contribution in [3.8, 4) is 0 Å². The quantitative estimate of drug-likeness (QED) is 0.0169. The molecule has 0 heterocycles. The van der Waals surface area contributed by atoms with Crippen molar-refractivity contribution in [2.75, 3.05) is 39.6 Å². The fourth-order valence-electron chi connectivity index (χ4n) is 11.4. The van der Waals surface area contributed by atoms with Crippen molar-refractivity contribution in [2.45, 2.75) is 394 Å². The molecule has 0 aliphatic heterocycles. The topological polar surface area (TPSA) is 237 Å². The van der Waals surface area contributed by atoms with Gasteiger partial charge in [0.25, 0.3) is 0 Å². The molecule has 0 aliphatic carbocycles. The van der Waals surface area contributed by atoms with Crippen LogP contribution in [0.1, 0.15) is 376 Å². The van der Waals surface area contributed by atoms with Gasteiger partial charge in [-0.3, -0.25) is 37.3 Å². The Labute approximate surface area is 592 Å². The maximum Gasteiger partial charge on any atom is 0.472 e. The highest BCUT2D eigenvalue weighted by atomic mass is 31.2. The van der Waals surface area contributed by atoms with E-state index in [4.69, 9.17) is 37.0 Å². The molecule has 0 saturated heterocycles. The number of esters is 4. The zero-order valence-electron chi connectivity index (χ0n) is 63.0. The molecule has 97 heavy (non-hydrogen) atoms. The average Bonchev–Trinajstić information content (AvgIpc) is 1.72. The van der Waals surface area contributed by atoms with E-state index in [9.17, 15) is 43.2 Å². The largest absolute Gasteiger partial charge is 0.472 e. The van der Waals surface area contributed by atoms with Crippen LogP contribution in [0, 0.1) is 17.8 Å². The average molecular weight is 1420 g/mol. The van der Waals surface area contributed by atoms with Gasteiger partial charge in [0.05, 0.1) is 26.4 Å². The molecule has 0 amide bonds. The summed E-state index contributed by atoms with van der Waals surface area (Å²) in [6.45, 7) is 11.8. The van der Waals surface area contributed by atoms with Crippen LogP contribution in [0.2, 0.25) is 0 Å². The van der Waals surface area contributed by atoms with Gasteiger partial charge in [0.15, 0.2) is 12.2 Å². The van der Waals surface area contributed by atoms with Crippen LogP contribution in [0.5, 0.6) is 0 Å². The number of carbonyl (C=O) groups is 4. The van der Waals surface area contributed by atoms with E-state index in [-0.39, 0.29) is 25.7 Å². The van der Waals surface area contributed by atoms with E-state index in [1.165, 1.54) is 167 Å². The lowest BCUT2D eigenvalue weighted by atomic mass is 10.0. The lowest BCUT2D eigenvalue weighted by Gasteiger charge is -2.21. The Hall–Kier alpha value is -2.46. The molecule has 19 heteroatoms. The van der Waals surface area contributed by atoms with Gasteiger partial charge < -0.3 is 33.8 Å². The van der Waals surface area contributed by atoms with E-state index in [1.54, 1.807) is 0 Å². The van der Waals surface area contributed by atoms with Crippen molar-refractivity contribution < 1.29 is 80.2 Å². The third-order valence-electron chi connectivity index (χ3n) is 17.5. The van der Waals surface area contributed by atoms with Crippen LogP contribution in [0.3, 0.4) is 0 Å². The molecule has 572 valence electrons. The highest BCUT2D eigenvalue weighted by Crippen LogP contribution is 2.45. The first-order valence-corrected chi connectivity index (χ1v) is 42.7. The Morgan fingerprint density at radius 2 is 0.557 bits per heavy atom. The molecular formula is C78H148O17P2. The summed E-state index contributed by atoms with van der Waals surface area (Å²) >= 11 is 0. The van der Waals surface area contributed by atoms with E-state index in [0.717, 1.165) is 121 Å². The summed E-state index contributed by atoms with van der Waals surface area (Å²) in [7, 11) is -9.93. The lowest BCUT2D eigenvalue weighted by molar-refractivity contribution is -0.161. The molecule has 0 aromatic carbocycles. The predicted molar refractivity (Wildman–Crippen MR) is 395 cm³/mol. The zero-order valence-corrected chi connectivity index (χ0v) is 64.8. The van der Waals surface area contributed by atoms with Gasteiger partial charge in [-0.05, 0) is 69.1 Å². The first kappa shape index (κ1) is 94.5. The second-order valence-electron chi connectivity index (χ2n) is 28.8. The number of unbranched alkanes of at least 4 members (excludes halogenated alkanes) is 39. The highest BCUT2D eigenvalue weighted by molar-refractivity contribution is 7.47. The predicted octanol–water partition coefficient (Wildman–Crippen LogP) is 22.5. The number of phosphoric ester groups is 2. The minimum absolute atomic E-state index is 0.0849. The summed E-state index contributed by atoms with van der Waals surface area (Å²) in [5.74, 6) is 0.113. The third kappa shape index (κ3) is 71.7. The minimum Gasteiger partial charge on any atom is -0.462 e. The van der Waals surface area contributed by atoms with Crippen molar-refractivity contribution in [1.29, 1.82) is 0 Å². The van der Waals surface area contributed by atoms with Crippen molar-refractivity contribution in [2.24, 2.45) is 17.8 Å². The summed E-state index contributed by atoms with van der Waals surface area (Å²) in [5, 5.41) is 10.6. The maximum absolute atomic E-state index is 13.1. The van der Waals surface area contributed by atoms with E-state index >= 15 is 0 Å². The standard InChI is InChI=1S/C78H148O17P2/c1-8-9-10-11-12-13-14-15-16-23-28-33-38-47-54-61-77(82)94-73(65-88-75(80)59-52-45-37-32-27-22-18-17-20-25-30-35-42-49-56-69(2)3)67-92-96(84,85)90-63-72(79)64-91-97(86,87)93-68-74(66-89-76(81)60-53-46-41-40-44-51-58-71(6)7)95-78(83)62-55-48-39-34-29-24-19-21-26-31-36-43-50-57-70(4)5/h13-16,69-74,79H,8-12,17-68H2,1-7H3,(H,84,85)(H,86,87)/b14-13-,16-15-/t72-,73-,74-/m1/s1. The van der Waals surface area contributed by atoms with Crippen LogP contribution >= 0.6 is 15.6 Å². The summed E-state index contributed by atoms with van der Waals surface area (Å²) in [6, 6.07) is 0. The van der Waals surface area contributed by atoms with Crippen LogP contribution in [0.15, 0.2) is 24.3 Å². The van der Waals surface area contributed by atoms with E-state index < -0.39 is 97.5 Å². The number of aliphatic hydroxyl groups excluding tert-OH is 1. The van der Waals surface area contributed by atoms with Gasteiger partial charge in [-0.2, -0.15) is 0 Å². The number of carbonyl (C=O) groups excluding carboxylic acids is 4. The second-order valence-corrected chi connectivity index (χ2v) is 31.7. The summed E-state index contributed by atoms with van der Waals surface area (Å²) < 4.78 is 68.5. The van der Waals surface area contributed by atoms with Gasteiger partial charge in [-0.25, -0.2) is 9.13 Å². The molecule has 0 aromatic heterocycles. The molecule has 17 nitrogen and oxygen atoms in total. The van der Waals surface area contributed by atoms with Gasteiger partial charge in [-0.1, -0.05) is 323 Å². The highest BCUT2D eigenvalue weighted by Gasteiger charge is 2.30. The molecule has 0 rings (SSSR count). The van der Waals surface area contributed by atoms with E-state index in [0.29, 0.717) is 31.6 Å². The molecule has 0 saturated carbocycles. The van der Waals surface area contributed by atoms with Crippen LogP contribution < -0.4 is 0 Å². The number of allylic oxidation sites excluding steroid dienone is 4. The zero-order chi connectivity index (χ0) is 71.6. The molecular weight excluding hydrogens is 1270 g/mol. The summed E-state index contributed by atoms with van der Waals surface area (Å²) in [4.78, 5) is 72.8.